The molecule has 3 rings (SSSR count). The molecule has 2 aromatic rings. The van der Waals surface area contributed by atoms with Crippen molar-refractivity contribution >= 4 is 21.6 Å². The van der Waals surface area contributed by atoms with Gasteiger partial charge < -0.3 is 9.64 Å². The second-order valence-corrected chi connectivity index (χ2v) is 10.5. The molecule has 1 heterocycles. The summed E-state index contributed by atoms with van der Waals surface area (Å²) >= 11 is 0. The Morgan fingerprint density at radius 1 is 1.06 bits per heavy atom. The fourth-order valence-corrected chi connectivity index (χ4v) is 4.99. The van der Waals surface area contributed by atoms with Crippen molar-refractivity contribution in [3.8, 4) is 5.75 Å². The average molecular weight is 462 g/mol. The summed E-state index contributed by atoms with van der Waals surface area (Å²) in [5.74, 6) is 0.432. The van der Waals surface area contributed by atoms with Gasteiger partial charge in [0.2, 0.25) is 10.0 Å². The van der Waals surface area contributed by atoms with Crippen molar-refractivity contribution in [2.24, 2.45) is 0 Å². The monoisotopic (exact) mass is 461 g/mol. The molecule has 0 unspecified atom stereocenters. The summed E-state index contributed by atoms with van der Waals surface area (Å²) in [6.45, 7) is 6.72. The van der Waals surface area contributed by atoms with Gasteiger partial charge >= 0.3 is 0 Å². The van der Waals surface area contributed by atoms with Crippen molar-refractivity contribution in [3.05, 3.63) is 64.2 Å². The number of carbonyl (C=O) groups is 1. The number of sulfonamides is 1. The number of nitro benzene ring substituents is 1. The van der Waals surface area contributed by atoms with Gasteiger partial charge in [0.25, 0.3) is 11.6 Å². The van der Waals surface area contributed by atoms with Crippen LogP contribution in [0.15, 0.2) is 53.4 Å². The molecule has 0 N–H and O–H groups in total. The lowest BCUT2D eigenvalue weighted by atomic mass is 9.86. The lowest BCUT2D eigenvalue weighted by molar-refractivity contribution is -0.385. The van der Waals surface area contributed by atoms with E-state index in [4.69, 9.17) is 4.74 Å². The summed E-state index contributed by atoms with van der Waals surface area (Å²) in [4.78, 5) is 24.4. The maximum Gasteiger partial charge on any atom is 0.270 e. The molecule has 0 bridgehead atoms. The summed E-state index contributed by atoms with van der Waals surface area (Å²) in [6, 6.07) is 12.6. The lowest BCUT2D eigenvalue weighted by Gasteiger charge is -2.34. The number of piperazine rings is 1. The summed E-state index contributed by atoms with van der Waals surface area (Å²) in [5, 5.41) is 11.0. The maximum atomic E-state index is 12.9. The Bertz CT molecular complexity index is 1100. The number of ether oxygens (including phenoxy) is 1. The first-order valence-electron chi connectivity index (χ1n) is 10.2. The Morgan fingerprint density at radius 2 is 1.72 bits per heavy atom. The van der Waals surface area contributed by atoms with Crippen LogP contribution in [0, 0.1) is 10.1 Å². The van der Waals surface area contributed by atoms with E-state index in [1.807, 2.05) is 24.3 Å². The van der Waals surface area contributed by atoms with Gasteiger partial charge in [-0.25, -0.2) is 8.42 Å². The third-order valence-electron chi connectivity index (χ3n) is 5.30. The number of hydrogen-bond donors (Lipinski definition) is 0. The third-order valence-corrected chi connectivity index (χ3v) is 7.20. The molecule has 1 fully saturated rings. The molecular formula is C22H27N3O6S. The van der Waals surface area contributed by atoms with E-state index in [1.165, 1.54) is 22.5 Å². The number of amides is 1. The van der Waals surface area contributed by atoms with Gasteiger partial charge in [-0.2, -0.15) is 4.31 Å². The van der Waals surface area contributed by atoms with Crippen LogP contribution in [0.1, 0.15) is 26.3 Å². The molecule has 9 nitrogen and oxygen atoms in total. The lowest BCUT2D eigenvalue weighted by Crippen LogP contribution is -2.51. The molecule has 1 amide bonds. The van der Waals surface area contributed by atoms with Crippen molar-refractivity contribution in [2.45, 2.75) is 31.1 Å². The van der Waals surface area contributed by atoms with Crippen LogP contribution in [0.4, 0.5) is 5.69 Å². The molecule has 1 saturated heterocycles. The first-order valence-corrected chi connectivity index (χ1v) is 11.7. The normalized spacial score (nSPS) is 15.4. The van der Waals surface area contributed by atoms with Crippen LogP contribution in [0.5, 0.6) is 5.75 Å². The second-order valence-electron chi connectivity index (χ2n) is 8.57. The van der Waals surface area contributed by atoms with Crippen LogP contribution in [0.25, 0.3) is 0 Å². The number of para-hydroxylation sites is 1. The van der Waals surface area contributed by atoms with E-state index in [-0.39, 0.29) is 54.7 Å². The Kier molecular flexibility index (Phi) is 6.85. The highest BCUT2D eigenvalue weighted by Crippen LogP contribution is 2.31. The summed E-state index contributed by atoms with van der Waals surface area (Å²) in [5.41, 5.74) is 0.583. The van der Waals surface area contributed by atoms with Gasteiger partial charge in [-0.3, -0.25) is 14.9 Å². The van der Waals surface area contributed by atoms with Gasteiger partial charge in [0, 0.05) is 38.3 Å². The SMILES string of the molecule is CC(C)(C)c1ccccc1OCC(=O)N1CCN(S(=O)(=O)c2cccc([N+](=O)[O-])c2)CC1. The molecular weight excluding hydrogens is 434 g/mol. The zero-order valence-corrected chi connectivity index (χ0v) is 19.2. The largest absolute Gasteiger partial charge is 0.483 e. The first-order chi connectivity index (χ1) is 15.0. The molecule has 10 heteroatoms. The van der Waals surface area contributed by atoms with Crippen LogP contribution < -0.4 is 4.74 Å². The van der Waals surface area contributed by atoms with Crippen LogP contribution in [-0.2, 0) is 20.2 Å². The predicted molar refractivity (Wildman–Crippen MR) is 119 cm³/mol. The van der Waals surface area contributed by atoms with Crippen LogP contribution in [0.3, 0.4) is 0 Å². The van der Waals surface area contributed by atoms with Crippen LogP contribution in [0.2, 0.25) is 0 Å². The maximum absolute atomic E-state index is 12.9. The highest BCUT2D eigenvalue weighted by atomic mass is 32.2. The molecule has 0 aromatic heterocycles. The Labute approximate surface area is 187 Å². The summed E-state index contributed by atoms with van der Waals surface area (Å²) in [7, 11) is -3.88. The van der Waals surface area contributed by atoms with Crippen molar-refractivity contribution < 1.29 is 22.9 Å². The van der Waals surface area contributed by atoms with Gasteiger partial charge in [0.15, 0.2) is 6.61 Å². The smallest absolute Gasteiger partial charge is 0.270 e. The number of nitrogens with zero attached hydrogens (tertiary/aromatic N) is 3. The predicted octanol–water partition coefficient (Wildman–Crippen LogP) is 2.80. The Balaban J connectivity index is 1.61. The number of rotatable bonds is 6. The van der Waals surface area contributed by atoms with Crippen molar-refractivity contribution in [2.75, 3.05) is 32.8 Å². The fraction of sp³-hybridized carbons (Fsp3) is 0.409. The zero-order valence-electron chi connectivity index (χ0n) is 18.4. The Morgan fingerprint density at radius 3 is 2.34 bits per heavy atom. The van der Waals surface area contributed by atoms with Crippen molar-refractivity contribution in [1.82, 2.24) is 9.21 Å². The summed E-state index contributed by atoms with van der Waals surface area (Å²) < 4.78 is 32.7. The van der Waals surface area contributed by atoms with Crippen LogP contribution >= 0.6 is 0 Å². The molecule has 0 radical (unpaired) electrons. The van der Waals surface area contributed by atoms with E-state index < -0.39 is 14.9 Å². The van der Waals surface area contributed by atoms with E-state index in [0.717, 1.165) is 11.6 Å². The topological polar surface area (TPSA) is 110 Å². The number of nitro groups is 1. The van der Waals surface area contributed by atoms with E-state index in [1.54, 1.807) is 4.90 Å². The first kappa shape index (κ1) is 23.7. The quantitative estimate of drug-likeness (QED) is 0.483. The molecule has 0 saturated carbocycles. The minimum Gasteiger partial charge on any atom is -0.483 e. The number of benzene rings is 2. The van der Waals surface area contributed by atoms with Gasteiger partial charge in [-0.1, -0.05) is 45.0 Å². The van der Waals surface area contributed by atoms with Crippen LogP contribution in [-0.4, -0.2) is 61.2 Å². The molecule has 2 aromatic carbocycles. The van der Waals surface area contributed by atoms with Gasteiger partial charge in [0.05, 0.1) is 9.82 Å². The molecule has 1 aliphatic rings. The second kappa shape index (κ2) is 9.25. The van der Waals surface area contributed by atoms with Gasteiger partial charge in [-0.15, -0.1) is 0 Å². The van der Waals surface area contributed by atoms with Gasteiger partial charge in [0.1, 0.15) is 5.75 Å². The standard InChI is InChI=1S/C22H27N3O6S/c1-22(2,3)19-9-4-5-10-20(19)31-16-21(26)23-11-13-24(14-12-23)32(29,30)18-8-6-7-17(15-18)25(27)28/h4-10,15H,11-14,16H2,1-3H3. The number of carbonyl (C=O) groups excluding carboxylic acids is 1. The number of non-ortho nitro benzene ring substituents is 1. The minimum absolute atomic E-state index is 0.106. The average Bonchev–Trinajstić information content (AvgIpc) is 2.77. The molecule has 0 spiro atoms. The van der Waals surface area contributed by atoms with E-state index >= 15 is 0 Å². The van der Waals surface area contributed by atoms with E-state index in [0.29, 0.717) is 5.75 Å². The van der Waals surface area contributed by atoms with Crippen molar-refractivity contribution in [3.63, 3.8) is 0 Å². The Hall–Kier alpha value is -2.98. The van der Waals surface area contributed by atoms with E-state index in [9.17, 15) is 23.3 Å². The molecule has 0 aliphatic carbocycles. The molecule has 1 aliphatic heterocycles. The fourth-order valence-electron chi connectivity index (χ4n) is 3.53. The number of hydrogen-bond acceptors (Lipinski definition) is 6. The van der Waals surface area contributed by atoms with E-state index in [2.05, 4.69) is 20.8 Å². The summed E-state index contributed by atoms with van der Waals surface area (Å²) in [6.07, 6.45) is 0. The highest BCUT2D eigenvalue weighted by Gasteiger charge is 2.31. The molecule has 32 heavy (non-hydrogen) atoms. The molecule has 172 valence electrons. The molecule has 0 atom stereocenters. The van der Waals surface area contributed by atoms with Crippen molar-refractivity contribution in [1.29, 1.82) is 0 Å². The highest BCUT2D eigenvalue weighted by molar-refractivity contribution is 7.89. The third kappa shape index (κ3) is 5.25. The minimum atomic E-state index is -3.88. The van der Waals surface area contributed by atoms with Gasteiger partial charge in [-0.05, 0) is 23.1 Å². The zero-order chi connectivity index (χ0) is 23.5.